The topological polar surface area (TPSA) is 55.2 Å². The summed E-state index contributed by atoms with van der Waals surface area (Å²) in [4.78, 5) is 10.1. The first-order valence-electron chi connectivity index (χ1n) is 5.48. The van der Waals surface area contributed by atoms with Gasteiger partial charge < -0.3 is 5.32 Å². The van der Waals surface area contributed by atoms with E-state index >= 15 is 0 Å². The SMILES string of the molecule is CC(NCCSC(F)(F)F)c1cccc([N+](=O)[O-])c1. The summed E-state index contributed by atoms with van der Waals surface area (Å²) in [5.41, 5.74) is -3.58. The van der Waals surface area contributed by atoms with Crippen molar-refractivity contribution in [3.63, 3.8) is 0 Å². The normalized spacial score (nSPS) is 13.3. The second kappa shape index (κ2) is 6.76. The number of rotatable bonds is 6. The minimum absolute atomic E-state index is 0.0317. The first-order chi connectivity index (χ1) is 8.79. The lowest BCUT2D eigenvalue weighted by Gasteiger charge is -2.14. The second-order valence-corrected chi connectivity index (χ2v) is 4.98. The summed E-state index contributed by atoms with van der Waals surface area (Å²) in [6, 6.07) is 5.79. The Balaban J connectivity index is 2.47. The van der Waals surface area contributed by atoms with Crippen LogP contribution < -0.4 is 5.32 Å². The van der Waals surface area contributed by atoms with Crippen molar-refractivity contribution in [1.82, 2.24) is 5.32 Å². The highest BCUT2D eigenvalue weighted by Crippen LogP contribution is 2.29. The number of nitro groups is 1. The molecule has 0 bridgehead atoms. The Hall–Kier alpha value is -1.28. The summed E-state index contributed by atoms with van der Waals surface area (Å²) in [5, 5.41) is 13.5. The van der Waals surface area contributed by atoms with Crippen LogP contribution in [0.15, 0.2) is 24.3 Å². The van der Waals surface area contributed by atoms with E-state index in [0.29, 0.717) is 5.56 Å². The first-order valence-corrected chi connectivity index (χ1v) is 6.46. The van der Waals surface area contributed by atoms with Crippen molar-refractivity contribution in [3.8, 4) is 0 Å². The fraction of sp³-hybridized carbons (Fsp3) is 0.455. The molecule has 0 amide bonds. The maximum Gasteiger partial charge on any atom is 0.441 e. The Kier molecular flexibility index (Phi) is 5.61. The van der Waals surface area contributed by atoms with Crippen LogP contribution >= 0.6 is 11.8 Å². The maximum absolute atomic E-state index is 11.9. The van der Waals surface area contributed by atoms with Gasteiger partial charge in [-0.2, -0.15) is 13.2 Å². The van der Waals surface area contributed by atoms with Gasteiger partial charge in [0.05, 0.1) is 4.92 Å². The molecule has 0 aliphatic rings. The molecule has 0 spiro atoms. The molecule has 1 unspecified atom stereocenters. The third-order valence-electron chi connectivity index (χ3n) is 2.40. The molecule has 1 atom stereocenters. The molecule has 0 heterocycles. The van der Waals surface area contributed by atoms with Gasteiger partial charge in [0.1, 0.15) is 0 Å². The van der Waals surface area contributed by atoms with E-state index in [1.165, 1.54) is 12.1 Å². The average molecular weight is 294 g/mol. The van der Waals surface area contributed by atoms with Crippen molar-refractivity contribution in [1.29, 1.82) is 0 Å². The maximum atomic E-state index is 11.9. The minimum atomic E-state index is -4.23. The summed E-state index contributed by atoms with van der Waals surface area (Å²) in [7, 11) is 0. The van der Waals surface area contributed by atoms with Gasteiger partial charge in [0.25, 0.3) is 5.69 Å². The Bertz CT molecular complexity index is 440. The number of thioether (sulfide) groups is 1. The summed E-state index contributed by atoms with van der Waals surface area (Å²) in [5.74, 6) is -0.0945. The van der Waals surface area contributed by atoms with Crippen LogP contribution in [0.4, 0.5) is 18.9 Å². The highest BCUT2D eigenvalue weighted by atomic mass is 32.2. The predicted molar refractivity (Wildman–Crippen MR) is 68.0 cm³/mol. The van der Waals surface area contributed by atoms with Crippen molar-refractivity contribution in [2.75, 3.05) is 12.3 Å². The molecule has 0 saturated heterocycles. The molecular weight excluding hydrogens is 281 g/mol. The summed E-state index contributed by atoms with van der Waals surface area (Å²) >= 11 is -0.0919. The van der Waals surface area contributed by atoms with Gasteiger partial charge in [0, 0.05) is 30.5 Å². The molecule has 1 aromatic carbocycles. The smallest absolute Gasteiger partial charge is 0.309 e. The molecule has 0 radical (unpaired) electrons. The number of nitrogens with one attached hydrogen (secondary N) is 1. The van der Waals surface area contributed by atoms with Gasteiger partial charge in [-0.1, -0.05) is 12.1 Å². The Labute approximate surface area is 112 Å². The zero-order chi connectivity index (χ0) is 14.5. The third-order valence-corrected chi connectivity index (χ3v) is 3.13. The average Bonchev–Trinajstić information content (AvgIpc) is 2.33. The number of nitro benzene ring substituents is 1. The fourth-order valence-electron chi connectivity index (χ4n) is 1.47. The fourth-order valence-corrected chi connectivity index (χ4v) is 1.92. The Morgan fingerprint density at radius 2 is 2.16 bits per heavy atom. The molecule has 0 aliphatic heterocycles. The van der Waals surface area contributed by atoms with Crippen LogP contribution in [0.25, 0.3) is 0 Å². The lowest BCUT2D eigenvalue weighted by atomic mass is 10.1. The van der Waals surface area contributed by atoms with Crippen LogP contribution in [0.5, 0.6) is 0 Å². The van der Waals surface area contributed by atoms with Crippen LogP contribution in [0, 0.1) is 10.1 Å². The number of hydrogen-bond donors (Lipinski definition) is 1. The molecule has 1 N–H and O–H groups in total. The number of nitrogens with zero attached hydrogens (tertiary/aromatic N) is 1. The van der Waals surface area contributed by atoms with Gasteiger partial charge >= 0.3 is 5.51 Å². The summed E-state index contributed by atoms with van der Waals surface area (Å²) in [6.07, 6.45) is 0. The molecule has 0 aromatic heterocycles. The van der Waals surface area contributed by atoms with Crippen LogP contribution in [0.2, 0.25) is 0 Å². The van der Waals surface area contributed by atoms with Crippen LogP contribution in [-0.4, -0.2) is 22.7 Å². The molecule has 19 heavy (non-hydrogen) atoms. The molecule has 4 nitrogen and oxygen atoms in total. The van der Waals surface area contributed by atoms with E-state index in [2.05, 4.69) is 5.32 Å². The van der Waals surface area contributed by atoms with Crippen molar-refractivity contribution >= 4 is 17.4 Å². The minimum Gasteiger partial charge on any atom is -0.309 e. The largest absolute Gasteiger partial charge is 0.441 e. The lowest BCUT2D eigenvalue weighted by Crippen LogP contribution is -2.22. The summed E-state index contributed by atoms with van der Waals surface area (Å²) in [6.45, 7) is 1.92. The van der Waals surface area contributed by atoms with E-state index in [9.17, 15) is 23.3 Å². The summed E-state index contributed by atoms with van der Waals surface area (Å²) < 4.78 is 35.7. The Morgan fingerprint density at radius 3 is 2.74 bits per heavy atom. The van der Waals surface area contributed by atoms with Crippen LogP contribution in [0.1, 0.15) is 18.5 Å². The van der Waals surface area contributed by atoms with Crippen molar-refractivity contribution < 1.29 is 18.1 Å². The quantitative estimate of drug-likeness (QED) is 0.495. The second-order valence-electron chi connectivity index (χ2n) is 3.82. The van der Waals surface area contributed by atoms with E-state index in [1.807, 2.05) is 0 Å². The predicted octanol–water partition coefficient (Wildman–Crippen LogP) is 3.50. The highest BCUT2D eigenvalue weighted by molar-refractivity contribution is 8.00. The monoisotopic (exact) mass is 294 g/mol. The van der Waals surface area contributed by atoms with Gasteiger partial charge in [-0.3, -0.25) is 10.1 Å². The third kappa shape index (κ3) is 5.93. The lowest BCUT2D eigenvalue weighted by molar-refractivity contribution is -0.384. The zero-order valence-electron chi connectivity index (χ0n) is 10.1. The number of halogens is 3. The molecule has 0 fully saturated rings. The number of hydrogen-bond acceptors (Lipinski definition) is 4. The van der Waals surface area contributed by atoms with Crippen LogP contribution in [-0.2, 0) is 0 Å². The molecular formula is C11H13F3N2O2S. The van der Waals surface area contributed by atoms with E-state index in [0.717, 1.165) is 0 Å². The standard InChI is InChI=1S/C11H13F3N2O2S/c1-8(15-5-6-19-11(12,13)14)9-3-2-4-10(7-9)16(17)18/h2-4,7-8,15H,5-6H2,1H3. The van der Waals surface area contributed by atoms with Gasteiger partial charge in [0.15, 0.2) is 0 Å². The Morgan fingerprint density at radius 1 is 1.47 bits per heavy atom. The molecule has 1 rings (SSSR count). The van der Waals surface area contributed by atoms with Crippen molar-refractivity contribution in [3.05, 3.63) is 39.9 Å². The number of benzene rings is 1. The highest BCUT2D eigenvalue weighted by Gasteiger charge is 2.27. The van der Waals surface area contributed by atoms with E-state index < -0.39 is 10.4 Å². The first kappa shape index (κ1) is 15.8. The van der Waals surface area contributed by atoms with Gasteiger partial charge in [0.2, 0.25) is 0 Å². The molecule has 0 aliphatic carbocycles. The number of alkyl halides is 3. The van der Waals surface area contributed by atoms with E-state index in [-0.39, 0.29) is 35.8 Å². The van der Waals surface area contributed by atoms with Crippen molar-refractivity contribution in [2.45, 2.75) is 18.5 Å². The zero-order valence-corrected chi connectivity index (χ0v) is 10.9. The van der Waals surface area contributed by atoms with Gasteiger partial charge in [-0.05, 0) is 24.2 Å². The van der Waals surface area contributed by atoms with Gasteiger partial charge in [-0.15, -0.1) is 0 Å². The van der Waals surface area contributed by atoms with E-state index in [4.69, 9.17) is 0 Å². The van der Waals surface area contributed by atoms with Gasteiger partial charge in [-0.25, -0.2) is 0 Å². The molecule has 8 heteroatoms. The molecule has 0 saturated carbocycles. The van der Waals surface area contributed by atoms with Crippen molar-refractivity contribution in [2.24, 2.45) is 0 Å². The molecule has 1 aromatic rings. The molecule has 106 valence electrons. The number of non-ortho nitro benzene ring substituents is 1. The van der Waals surface area contributed by atoms with Crippen LogP contribution in [0.3, 0.4) is 0 Å². The van der Waals surface area contributed by atoms with E-state index in [1.54, 1.807) is 19.1 Å².